The summed E-state index contributed by atoms with van der Waals surface area (Å²) in [6.45, 7) is 1.67. The molecule has 2 aromatic rings. The topological polar surface area (TPSA) is 106 Å². The first-order valence-corrected chi connectivity index (χ1v) is 10.0. The number of nitrogens with one attached hydrogen (secondary N) is 2. The number of hydrogen-bond acceptors (Lipinski definition) is 7. The number of carbonyl (C=O) groups excluding carboxylic acids is 1. The Morgan fingerprint density at radius 1 is 1.00 bits per heavy atom. The van der Waals surface area contributed by atoms with Crippen molar-refractivity contribution < 1.29 is 19.0 Å². The zero-order valence-corrected chi connectivity index (χ0v) is 17.4. The molecular weight excluding hydrogens is 388 g/mol. The lowest BCUT2D eigenvalue weighted by atomic mass is 9.86. The van der Waals surface area contributed by atoms with Gasteiger partial charge in [-0.1, -0.05) is 6.07 Å². The quantitative estimate of drug-likeness (QED) is 0.773. The molecule has 1 amide bonds. The molecule has 3 heterocycles. The highest BCUT2D eigenvalue weighted by molar-refractivity contribution is 5.94. The number of ether oxygens (including phenoxy) is 3. The standard InChI is InChI=1S/C21H26N4O5/c1-28-14-8-7-12(17(29-2)18(14)30-3)13-11-15(26)22-19-16(13)20(27)24-21(23-19)25-9-5-4-6-10-25/h7-8,13H,4-6,9-11H2,1-3H3,(H2,22,23,24,26,27)/t13-/m0/s1. The van der Waals surface area contributed by atoms with Crippen LogP contribution >= 0.6 is 0 Å². The van der Waals surface area contributed by atoms with Crippen molar-refractivity contribution in [1.29, 1.82) is 0 Å². The third kappa shape index (κ3) is 3.44. The van der Waals surface area contributed by atoms with E-state index in [-0.39, 0.29) is 17.9 Å². The number of piperidine rings is 1. The van der Waals surface area contributed by atoms with Gasteiger partial charge in [0, 0.05) is 31.0 Å². The first-order chi connectivity index (χ1) is 14.6. The van der Waals surface area contributed by atoms with Crippen LogP contribution in [-0.2, 0) is 4.79 Å². The Labute approximate surface area is 174 Å². The van der Waals surface area contributed by atoms with E-state index in [1.165, 1.54) is 27.8 Å². The van der Waals surface area contributed by atoms with Crippen molar-refractivity contribution in [3.63, 3.8) is 0 Å². The van der Waals surface area contributed by atoms with E-state index in [2.05, 4.69) is 20.2 Å². The molecule has 2 aliphatic rings. The van der Waals surface area contributed by atoms with Crippen LogP contribution in [0.3, 0.4) is 0 Å². The fraction of sp³-hybridized carbons (Fsp3) is 0.476. The number of methoxy groups -OCH3 is 3. The maximum absolute atomic E-state index is 13.1. The van der Waals surface area contributed by atoms with Crippen molar-refractivity contribution in [3.05, 3.63) is 33.6 Å². The van der Waals surface area contributed by atoms with E-state index in [1.54, 1.807) is 12.1 Å². The molecule has 1 aromatic heterocycles. The van der Waals surface area contributed by atoms with Crippen molar-refractivity contribution in [2.24, 2.45) is 0 Å². The van der Waals surface area contributed by atoms with Gasteiger partial charge in [0.15, 0.2) is 11.5 Å². The summed E-state index contributed by atoms with van der Waals surface area (Å²) in [6, 6.07) is 3.54. The SMILES string of the molecule is COc1ccc([C@@H]2CC(=O)Nc3nc(N4CCCCC4)[nH]c(=O)c32)c(OC)c1OC. The van der Waals surface area contributed by atoms with Crippen molar-refractivity contribution >= 4 is 17.7 Å². The highest BCUT2D eigenvalue weighted by Gasteiger charge is 2.34. The minimum absolute atomic E-state index is 0.104. The molecule has 2 aliphatic heterocycles. The van der Waals surface area contributed by atoms with Crippen molar-refractivity contribution in [2.45, 2.75) is 31.6 Å². The van der Waals surface area contributed by atoms with Gasteiger partial charge in [0.2, 0.25) is 17.6 Å². The Balaban J connectivity index is 1.83. The summed E-state index contributed by atoms with van der Waals surface area (Å²) in [5.74, 6) is 1.44. The predicted molar refractivity (Wildman–Crippen MR) is 112 cm³/mol. The van der Waals surface area contributed by atoms with Gasteiger partial charge in [0.25, 0.3) is 5.56 Å². The highest BCUT2D eigenvalue weighted by Crippen LogP contribution is 2.46. The van der Waals surface area contributed by atoms with Gasteiger partial charge in [-0.25, -0.2) is 0 Å². The zero-order chi connectivity index (χ0) is 21.3. The van der Waals surface area contributed by atoms with Crippen LogP contribution in [0.4, 0.5) is 11.8 Å². The smallest absolute Gasteiger partial charge is 0.258 e. The fourth-order valence-electron chi connectivity index (χ4n) is 4.28. The Morgan fingerprint density at radius 3 is 2.40 bits per heavy atom. The molecular formula is C21H26N4O5. The number of anilines is 2. The van der Waals surface area contributed by atoms with E-state index in [1.807, 2.05) is 0 Å². The molecule has 0 radical (unpaired) electrons. The van der Waals surface area contributed by atoms with Crippen LogP contribution in [0.1, 0.15) is 42.7 Å². The summed E-state index contributed by atoms with van der Waals surface area (Å²) in [7, 11) is 4.58. The van der Waals surface area contributed by atoms with Gasteiger partial charge in [-0.2, -0.15) is 4.98 Å². The summed E-state index contributed by atoms with van der Waals surface area (Å²) >= 11 is 0. The van der Waals surface area contributed by atoms with E-state index in [0.29, 0.717) is 40.1 Å². The number of benzene rings is 1. The molecule has 2 N–H and O–H groups in total. The summed E-state index contributed by atoms with van der Waals surface area (Å²) in [5, 5.41) is 2.78. The first-order valence-electron chi connectivity index (χ1n) is 10.0. The zero-order valence-electron chi connectivity index (χ0n) is 17.4. The van der Waals surface area contributed by atoms with E-state index >= 15 is 0 Å². The molecule has 1 saturated heterocycles. The van der Waals surface area contributed by atoms with E-state index in [0.717, 1.165) is 25.9 Å². The second kappa shape index (κ2) is 8.25. The second-order valence-electron chi connectivity index (χ2n) is 7.43. The van der Waals surface area contributed by atoms with E-state index in [9.17, 15) is 9.59 Å². The minimum atomic E-state index is -0.518. The molecule has 30 heavy (non-hydrogen) atoms. The van der Waals surface area contributed by atoms with Crippen LogP contribution < -0.4 is 30.0 Å². The van der Waals surface area contributed by atoms with Crippen LogP contribution in [0.25, 0.3) is 0 Å². The third-order valence-corrected chi connectivity index (χ3v) is 5.70. The van der Waals surface area contributed by atoms with Gasteiger partial charge in [0.05, 0.1) is 26.9 Å². The maximum atomic E-state index is 13.1. The molecule has 0 saturated carbocycles. The summed E-state index contributed by atoms with van der Waals surface area (Å²) in [6.07, 6.45) is 3.38. The number of hydrogen-bond donors (Lipinski definition) is 2. The largest absolute Gasteiger partial charge is 0.493 e. The molecule has 9 nitrogen and oxygen atoms in total. The molecule has 0 aliphatic carbocycles. The number of nitrogens with zero attached hydrogens (tertiary/aromatic N) is 2. The Hall–Kier alpha value is -3.23. The van der Waals surface area contributed by atoms with Crippen molar-refractivity contribution in [3.8, 4) is 17.2 Å². The van der Waals surface area contributed by atoms with Crippen LogP contribution in [0.2, 0.25) is 0 Å². The summed E-state index contributed by atoms with van der Waals surface area (Å²) < 4.78 is 16.4. The lowest BCUT2D eigenvalue weighted by Gasteiger charge is -2.30. The Kier molecular flexibility index (Phi) is 5.52. The molecule has 0 unspecified atom stereocenters. The maximum Gasteiger partial charge on any atom is 0.258 e. The molecule has 9 heteroatoms. The van der Waals surface area contributed by atoms with Crippen molar-refractivity contribution in [2.75, 3.05) is 44.6 Å². The van der Waals surface area contributed by atoms with Gasteiger partial charge in [-0.15, -0.1) is 0 Å². The normalized spacial score (nSPS) is 18.4. The number of H-pyrrole nitrogens is 1. The van der Waals surface area contributed by atoms with E-state index in [4.69, 9.17) is 14.2 Å². The molecule has 1 aromatic carbocycles. The third-order valence-electron chi connectivity index (χ3n) is 5.70. The van der Waals surface area contributed by atoms with Gasteiger partial charge in [0.1, 0.15) is 5.82 Å². The Bertz CT molecular complexity index is 1010. The molecule has 0 bridgehead atoms. The Morgan fingerprint density at radius 2 is 1.73 bits per heavy atom. The van der Waals surface area contributed by atoms with Gasteiger partial charge in [-0.05, 0) is 25.3 Å². The average Bonchev–Trinajstić information content (AvgIpc) is 2.77. The van der Waals surface area contributed by atoms with Crippen LogP contribution in [0.5, 0.6) is 17.2 Å². The number of amides is 1. The average molecular weight is 414 g/mol. The number of rotatable bonds is 5. The van der Waals surface area contributed by atoms with Crippen LogP contribution in [0.15, 0.2) is 16.9 Å². The molecule has 1 fully saturated rings. The summed E-state index contributed by atoms with van der Waals surface area (Å²) in [5.41, 5.74) is 0.826. The van der Waals surface area contributed by atoms with Gasteiger partial charge in [-0.3, -0.25) is 14.6 Å². The molecule has 4 rings (SSSR count). The lowest BCUT2D eigenvalue weighted by Crippen LogP contribution is -2.36. The molecule has 160 valence electrons. The predicted octanol–water partition coefficient (Wildman–Crippen LogP) is 2.26. The minimum Gasteiger partial charge on any atom is -0.493 e. The number of fused-ring (bicyclic) bond motifs is 1. The first kappa shape index (κ1) is 20.1. The number of aromatic amines is 1. The number of carbonyl (C=O) groups is 1. The summed E-state index contributed by atoms with van der Waals surface area (Å²) in [4.78, 5) is 35.2. The molecule has 1 atom stereocenters. The van der Waals surface area contributed by atoms with E-state index < -0.39 is 5.92 Å². The lowest BCUT2D eigenvalue weighted by molar-refractivity contribution is -0.116. The van der Waals surface area contributed by atoms with Crippen LogP contribution in [-0.4, -0.2) is 50.3 Å². The molecule has 0 spiro atoms. The van der Waals surface area contributed by atoms with Gasteiger partial charge < -0.3 is 24.4 Å². The van der Waals surface area contributed by atoms with Gasteiger partial charge >= 0.3 is 0 Å². The fourth-order valence-corrected chi connectivity index (χ4v) is 4.28. The highest BCUT2D eigenvalue weighted by atomic mass is 16.5. The number of aromatic nitrogens is 2. The monoisotopic (exact) mass is 414 g/mol. The van der Waals surface area contributed by atoms with Crippen LogP contribution in [0, 0.1) is 0 Å². The second-order valence-corrected chi connectivity index (χ2v) is 7.43. The van der Waals surface area contributed by atoms with Crippen molar-refractivity contribution in [1.82, 2.24) is 9.97 Å².